The van der Waals surface area contributed by atoms with Crippen molar-refractivity contribution in [3.63, 3.8) is 0 Å². The first-order chi connectivity index (χ1) is 9.48. The molecule has 2 aromatic heterocycles. The monoisotopic (exact) mass is 276 g/mol. The highest BCUT2D eigenvalue weighted by molar-refractivity contribution is 6.05. The molecule has 0 aromatic carbocycles. The minimum atomic E-state index is -1.31. The first-order valence-electron chi connectivity index (χ1n) is 6.32. The van der Waals surface area contributed by atoms with Crippen molar-refractivity contribution in [1.29, 1.82) is 0 Å². The lowest BCUT2D eigenvalue weighted by molar-refractivity contribution is -0.144. The summed E-state index contributed by atoms with van der Waals surface area (Å²) in [6.07, 6.45) is 3.91. The Morgan fingerprint density at radius 1 is 1.45 bits per heavy atom. The third-order valence-electron chi connectivity index (χ3n) is 3.18. The fourth-order valence-electron chi connectivity index (χ4n) is 2.09. The van der Waals surface area contributed by atoms with Crippen molar-refractivity contribution in [2.24, 2.45) is 0 Å². The smallest absolute Gasteiger partial charge is 0.329 e. The number of aromatic nitrogens is 3. The van der Waals surface area contributed by atoms with Gasteiger partial charge in [-0.3, -0.25) is 4.79 Å². The molecular weight excluding hydrogens is 260 g/mol. The Morgan fingerprint density at radius 2 is 2.20 bits per heavy atom. The van der Waals surface area contributed by atoms with E-state index in [2.05, 4.69) is 20.3 Å². The molecule has 0 radical (unpaired) electrons. The van der Waals surface area contributed by atoms with Crippen molar-refractivity contribution < 1.29 is 14.7 Å². The molecule has 0 bridgehead atoms. The summed E-state index contributed by atoms with van der Waals surface area (Å²) >= 11 is 0. The number of fused-ring (bicyclic) bond motifs is 1. The molecule has 3 N–H and O–H groups in total. The molecule has 2 rings (SSSR count). The van der Waals surface area contributed by atoms with Crippen LogP contribution in [0.2, 0.25) is 0 Å². The fraction of sp³-hybridized carbons (Fsp3) is 0.385. The van der Waals surface area contributed by atoms with Crippen LogP contribution in [0.1, 0.15) is 37.2 Å². The van der Waals surface area contributed by atoms with E-state index >= 15 is 0 Å². The summed E-state index contributed by atoms with van der Waals surface area (Å²) in [6.45, 7) is 3.36. The topological polar surface area (TPSA) is 108 Å². The maximum Gasteiger partial charge on any atom is 0.329 e. The lowest BCUT2D eigenvalue weighted by Gasteiger charge is -2.25. The van der Waals surface area contributed by atoms with Crippen LogP contribution in [0.15, 0.2) is 18.6 Å². The number of nitrogens with one attached hydrogen (secondary N) is 2. The molecule has 106 valence electrons. The van der Waals surface area contributed by atoms with Crippen LogP contribution < -0.4 is 5.32 Å². The number of amides is 1. The maximum atomic E-state index is 12.3. The van der Waals surface area contributed by atoms with Crippen LogP contribution in [0.5, 0.6) is 0 Å². The standard InChI is InChI=1S/C13H16N4O3/c1-3-5-13(2,12(19)20)17-11(18)9-8-4-6-14-10(8)16-7-15-9/h4,6-7H,3,5H2,1-2H3,(H,17,18)(H,19,20)(H,14,15,16). The van der Waals surface area contributed by atoms with Gasteiger partial charge in [0.1, 0.15) is 23.2 Å². The van der Waals surface area contributed by atoms with Gasteiger partial charge in [-0.2, -0.15) is 0 Å². The number of nitrogens with zero attached hydrogens (tertiary/aromatic N) is 2. The zero-order valence-corrected chi connectivity index (χ0v) is 11.3. The van der Waals surface area contributed by atoms with E-state index in [9.17, 15) is 14.7 Å². The van der Waals surface area contributed by atoms with Gasteiger partial charge in [-0.15, -0.1) is 0 Å². The van der Waals surface area contributed by atoms with Crippen molar-refractivity contribution in [2.75, 3.05) is 0 Å². The second-order valence-electron chi connectivity index (χ2n) is 4.80. The number of hydrogen-bond donors (Lipinski definition) is 3. The molecular formula is C13H16N4O3. The van der Waals surface area contributed by atoms with Crippen LogP contribution in [0.4, 0.5) is 0 Å². The van der Waals surface area contributed by atoms with Gasteiger partial charge in [0, 0.05) is 6.20 Å². The van der Waals surface area contributed by atoms with Gasteiger partial charge in [0.05, 0.1) is 5.39 Å². The molecule has 1 unspecified atom stereocenters. The maximum absolute atomic E-state index is 12.3. The summed E-state index contributed by atoms with van der Waals surface area (Å²) in [5.74, 6) is -1.58. The number of carboxylic acid groups (broad SMARTS) is 1. The van der Waals surface area contributed by atoms with E-state index in [-0.39, 0.29) is 5.69 Å². The minimum absolute atomic E-state index is 0.167. The number of rotatable bonds is 5. The lowest BCUT2D eigenvalue weighted by Crippen LogP contribution is -2.52. The minimum Gasteiger partial charge on any atom is -0.480 e. The first kappa shape index (κ1) is 14.0. The van der Waals surface area contributed by atoms with Gasteiger partial charge in [-0.1, -0.05) is 13.3 Å². The van der Waals surface area contributed by atoms with Gasteiger partial charge in [0.2, 0.25) is 0 Å². The predicted octanol–water partition coefficient (Wildman–Crippen LogP) is 1.33. The highest BCUT2D eigenvalue weighted by atomic mass is 16.4. The molecule has 0 spiro atoms. The van der Waals surface area contributed by atoms with Crippen LogP contribution in [0.3, 0.4) is 0 Å². The fourth-order valence-corrected chi connectivity index (χ4v) is 2.09. The largest absolute Gasteiger partial charge is 0.480 e. The molecule has 0 saturated heterocycles. The van der Waals surface area contributed by atoms with Crippen molar-refractivity contribution in [3.8, 4) is 0 Å². The van der Waals surface area contributed by atoms with Crippen molar-refractivity contribution in [1.82, 2.24) is 20.3 Å². The SMILES string of the molecule is CCCC(C)(NC(=O)c1ncnc2[nH]ccc12)C(=O)O. The van der Waals surface area contributed by atoms with E-state index in [0.717, 1.165) is 0 Å². The summed E-state index contributed by atoms with van der Waals surface area (Å²) in [5.41, 5.74) is -0.600. The number of H-pyrrole nitrogens is 1. The average molecular weight is 276 g/mol. The Bertz CT molecular complexity index is 652. The van der Waals surface area contributed by atoms with Crippen molar-refractivity contribution in [2.45, 2.75) is 32.2 Å². The number of carboxylic acids is 1. The normalized spacial score (nSPS) is 13.9. The summed E-state index contributed by atoms with van der Waals surface area (Å²) in [6, 6.07) is 1.68. The third-order valence-corrected chi connectivity index (χ3v) is 3.18. The molecule has 0 aliphatic carbocycles. The van der Waals surface area contributed by atoms with Crippen LogP contribution in [-0.2, 0) is 4.79 Å². The Balaban J connectivity index is 2.32. The van der Waals surface area contributed by atoms with E-state index in [1.165, 1.54) is 13.3 Å². The Morgan fingerprint density at radius 3 is 2.85 bits per heavy atom. The third kappa shape index (κ3) is 2.47. The molecule has 0 aliphatic rings. The number of carbonyl (C=O) groups excluding carboxylic acids is 1. The van der Waals surface area contributed by atoms with E-state index in [4.69, 9.17) is 0 Å². The van der Waals surface area contributed by atoms with Crippen molar-refractivity contribution in [3.05, 3.63) is 24.3 Å². The van der Waals surface area contributed by atoms with Gasteiger partial charge in [-0.25, -0.2) is 14.8 Å². The zero-order chi connectivity index (χ0) is 14.8. The van der Waals surface area contributed by atoms with Gasteiger partial charge in [-0.05, 0) is 19.4 Å². The number of carbonyl (C=O) groups is 2. The molecule has 2 aromatic rings. The molecule has 1 atom stereocenters. The Hall–Kier alpha value is -2.44. The number of hydrogen-bond acceptors (Lipinski definition) is 4. The van der Waals surface area contributed by atoms with Crippen molar-refractivity contribution >= 4 is 22.9 Å². The van der Waals surface area contributed by atoms with Gasteiger partial charge in [0.25, 0.3) is 5.91 Å². The van der Waals surface area contributed by atoms with E-state index in [0.29, 0.717) is 23.9 Å². The molecule has 0 aliphatic heterocycles. The van der Waals surface area contributed by atoms with Crippen LogP contribution >= 0.6 is 0 Å². The zero-order valence-electron chi connectivity index (χ0n) is 11.3. The van der Waals surface area contributed by atoms with E-state index < -0.39 is 17.4 Å². The second kappa shape index (κ2) is 5.28. The Labute approximate surface area is 115 Å². The molecule has 0 saturated carbocycles. The van der Waals surface area contributed by atoms with Crippen LogP contribution in [0.25, 0.3) is 11.0 Å². The highest BCUT2D eigenvalue weighted by Crippen LogP contribution is 2.17. The summed E-state index contributed by atoms with van der Waals surface area (Å²) in [7, 11) is 0. The quantitative estimate of drug-likeness (QED) is 0.763. The number of aromatic amines is 1. The van der Waals surface area contributed by atoms with Crippen LogP contribution in [-0.4, -0.2) is 37.5 Å². The van der Waals surface area contributed by atoms with Gasteiger partial charge >= 0.3 is 5.97 Å². The highest BCUT2D eigenvalue weighted by Gasteiger charge is 2.34. The van der Waals surface area contributed by atoms with Crippen LogP contribution in [0, 0.1) is 0 Å². The molecule has 2 heterocycles. The molecule has 7 heteroatoms. The van der Waals surface area contributed by atoms with E-state index in [1.807, 2.05) is 6.92 Å². The first-order valence-corrected chi connectivity index (χ1v) is 6.32. The summed E-state index contributed by atoms with van der Waals surface area (Å²) in [5, 5.41) is 12.4. The summed E-state index contributed by atoms with van der Waals surface area (Å²) < 4.78 is 0. The summed E-state index contributed by atoms with van der Waals surface area (Å²) in [4.78, 5) is 34.4. The lowest BCUT2D eigenvalue weighted by atomic mass is 9.96. The number of aliphatic carboxylic acids is 1. The molecule has 7 nitrogen and oxygen atoms in total. The predicted molar refractivity (Wildman–Crippen MR) is 72.3 cm³/mol. The molecule has 1 amide bonds. The van der Waals surface area contributed by atoms with Gasteiger partial charge < -0.3 is 15.4 Å². The molecule has 0 fully saturated rings. The molecule has 20 heavy (non-hydrogen) atoms. The second-order valence-corrected chi connectivity index (χ2v) is 4.80. The average Bonchev–Trinajstić information content (AvgIpc) is 2.86. The Kier molecular flexibility index (Phi) is 3.69. The van der Waals surface area contributed by atoms with E-state index in [1.54, 1.807) is 12.3 Å². The van der Waals surface area contributed by atoms with Gasteiger partial charge in [0.15, 0.2) is 0 Å².